The second-order valence-electron chi connectivity index (χ2n) is 11.9. The van der Waals surface area contributed by atoms with Crippen LogP contribution in [0, 0.1) is 0 Å². The van der Waals surface area contributed by atoms with Crippen molar-refractivity contribution in [3.8, 4) is 22.6 Å². The maximum absolute atomic E-state index is 12.1. The van der Waals surface area contributed by atoms with Crippen LogP contribution in [0.2, 0.25) is 0 Å². The minimum absolute atomic E-state index is 0.223. The van der Waals surface area contributed by atoms with Crippen LogP contribution in [0.1, 0.15) is 64.2 Å². The molecule has 0 N–H and O–H groups in total. The maximum atomic E-state index is 12.1. The summed E-state index contributed by atoms with van der Waals surface area (Å²) in [7, 11) is 0. The van der Waals surface area contributed by atoms with Crippen molar-refractivity contribution < 1.29 is 28.5 Å². The Morgan fingerprint density at radius 1 is 0.646 bits per heavy atom. The predicted octanol–water partition coefficient (Wildman–Crippen LogP) is 11.5. The highest BCUT2D eigenvalue weighted by Crippen LogP contribution is 2.42. The van der Waals surface area contributed by atoms with Crippen molar-refractivity contribution >= 4 is 99.2 Å². The van der Waals surface area contributed by atoms with Crippen LogP contribution in [0.5, 0.6) is 11.5 Å². The van der Waals surface area contributed by atoms with E-state index in [-0.39, 0.29) is 13.2 Å². The summed E-state index contributed by atoms with van der Waals surface area (Å²) in [5.74, 6) is 1.71. The van der Waals surface area contributed by atoms with Crippen molar-refractivity contribution in [2.45, 2.75) is 86.9 Å². The molecule has 2 unspecified atom stereocenters. The zero-order valence-electron chi connectivity index (χ0n) is 26.9. The topological polar surface area (TPSA) is 71.1 Å². The van der Waals surface area contributed by atoms with E-state index in [1.54, 1.807) is 0 Å². The second-order valence-corrected chi connectivity index (χ2v) is 18.0. The molecule has 12 heteroatoms. The van der Waals surface area contributed by atoms with Crippen molar-refractivity contribution in [2.75, 3.05) is 24.7 Å². The Kier molecular flexibility index (Phi) is 17.3. The summed E-state index contributed by atoms with van der Waals surface area (Å²) in [4.78, 5) is 24.1. The predicted molar refractivity (Wildman–Crippen MR) is 212 cm³/mol. The molecule has 0 aromatic heterocycles. The average molecular weight is 954 g/mol. The lowest BCUT2D eigenvalue weighted by Gasteiger charge is -2.24. The highest BCUT2D eigenvalue weighted by Gasteiger charge is 2.23. The van der Waals surface area contributed by atoms with Gasteiger partial charge in [0.25, 0.3) is 0 Å². The fraction of sp³-hybridized carbons (Fsp3) is 0.500. The van der Waals surface area contributed by atoms with Crippen LogP contribution in [0.4, 0.5) is 0 Å². The number of ether oxygens (including phenoxy) is 4. The van der Waals surface area contributed by atoms with Gasteiger partial charge in [0.1, 0.15) is 36.9 Å². The molecule has 2 aliphatic carbocycles. The van der Waals surface area contributed by atoms with Crippen LogP contribution >= 0.6 is 87.2 Å². The minimum atomic E-state index is -0.448. The third-order valence-corrected chi connectivity index (χ3v) is 13.6. The first-order valence-corrected chi connectivity index (χ1v) is 21.6. The lowest BCUT2D eigenvalue weighted by atomic mass is 10.0. The molecule has 0 heterocycles. The van der Waals surface area contributed by atoms with E-state index in [1.165, 1.54) is 76.4 Å². The smallest absolute Gasteiger partial charge is 0.330 e. The molecule has 0 spiro atoms. The number of thioether (sulfide) groups is 2. The third-order valence-electron chi connectivity index (χ3n) is 8.20. The van der Waals surface area contributed by atoms with Crippen LogP contribution < -0.4 is 9.47 Å². The first-order chi connectivity index (χ1) is 23.2. The van der Waals surface area contributed by atoms with Gasteiger partial charge in [-0.2, -0.15) is 23.5 Å². The molecule has 0 saturated heterocycles. The summed E-state index contributed by atoms with van der Waals surface area (Å²) in [5, 5.41) is 1.19. The molecule has 0 radical (unpaired) electrons. The number of hydrogen-bond acceptors (Lipinski definition) is 8. The Labute approximate surface area is 326 Å². The van der Waals surface area contributed by atoms with E-state index in [2.05, 4.69) is 76.9 Å². The quantitative estimate of drug-likeness (QED) is 0.115. The van der Waals surface area contributed by atoms with E-state index in [1.807, 2.05) is 47.8 Å². The van der Waals surface area contributed by atoms with Gasteiger partial charge in [-0.05, 0) is 125 Å². The minimum Gasteiger partial charge on any atom is -0.487 e. The Bertz CT molecular complexity index is 1260. The van der Waals surface area contributed by atoms with E-state index >= 15 is 0 Å². The fourth-order valence-corrected chi connectivity index (χ4v) is 11.2. The summed E-state index contributed by atoms with van der Waals surface area (Å²) in [6.07, 6.45) is 14.0. The van der Waals surface area contributed by atoms with Crippen LogP contribution in [-0.4, -0.2) is 59.4 Å². The van der Waals surface area contributed by atoms with E-state index in [0.717, 1.165) is 29.0 Å². The largest absolute Gasteiger partial charge is 0.487 e. The van der Waals surface area contributed by atoms with Gasteiger partial charge >= 0.3 is 11.9 Å². The van der Waals surface area contributed by atoms with E-state index in [4.69, 9.17) is 18.9 Å². The van der Waals surface area contributed by atoms with Gasteiger partial charge in [-0.3, -0.25) is 0 Å². The molecule has 2 atom stereocenters. The summed E-state index contributed by atoms with van der Waals surface area (Å²) in [5.41, 5.74) is 1.89. The van der Waals surface area contributed by atoms with Gasteiger partial charge in [0.15, 0.2) is 0 Å². The van der Waals surface area contributed by atoms with Crippen molar-refractivity contribution in [3.63, 3.8) is 0 Å². The van der Waals surface area contributed by atoms with Gasteiger partial charge in [0, 0.05) is 34.2 Å². The number of hydrogen-bond donors (Lipinski definition) is 0. The van der Waals surface area contributed by atoms with Gasteiger partial charge < -0.3 is 18.9 Å². The number of halogens is 4. The summed E-state index contributed by atoms with van der Waals surface area (Å²) < 4.78 is 26.8. The first-order valence-electron chi connectivity index (χ1n) is 16.3. The van der Waals surface area contributed by atoms with Crippen molar-refractivity contribution in [3.05, 3.63) is 67.5 Å². The highest BCUT2D eigenvalue weighted by molar-refractivity contribution is 9.11. The molecule has 2 saturated carbocycles. The highest BCUT2D eigenvalue weighted by atomic mass is 79.9. The number of rotatable bonds is 17. The fourth-order valence-electron chi connectivity index (χ4n) is 5.69. The number of benzene rings is 2. The van der Waals surface area contributed by atoms with Gasteiger partial charge in [-0.1, -0.05) is 51.7 Å². The van der Waals surface area contributed by atoms with Crippen molar-refractivity contribution in [2.24, 2.45) is 0 Å². The standard InChI is InChI=1S/C36H42Br4O6S2/c1-3-33(41)45-25(21-47-27-11-7-5-8-12-27)19-43-35-29(37)15-23(16-30(35)38)24-17-31(39)36(32(40)18-24)44-20-26(46-34(42)4-2)22-48-28-13-9-6-10-14-28/h3-4,15-18,25-28H,1-2,5-14,19-22H2. The molecule has 0 bridgehead atoms. The van der Waals surface area contributed by atoms with Gasteiger partial charge in [0.05, 0.1) is 17.9 Å². The van der Waals surface area contributed by atoms with Gasteiger partial charge in [0.2, 0.25) is 0 Å². The molecule has 2 aliphatic rings. The Morgan fingerprint density at radius 3 is 1.29 bits per heavy atom. The Hall–Kier alpha value is -0.920. The van der Waals surface area contributed by atoms with Crippen LogP contribution in [0.15, 0.2) is 67.5 Å². The van der Waals surface area contributed by atoms with Crippen LogP contribution in [0.3, 0.4) is 0 Å². The molecular formula is C36H42Br4O6S2. The SMILES string of the molecule is C=CC(=O)OC(COc1c(Br)cc(-c2cc(Br)c(OCC(CSC3CCCCC3)OC(=O)C=C)c(Br)c2)cc1Br)CSC1CCCCC1. The molecule has 48 heavy (non-hydrogen) atoms. The maximum Gasteiger partial charge on any atom is 0.330 e. The normalized spacial score (nSPS) is 16.8. The van der Waals surface area contributed by atoms with Crippen LogP contribution in [0.25, 0.3) is 11.1 Å². The van der Waals surface area contributed by atoms with E-state index in [9.17, 15) is 9.59 Å². The molecule has 2 aromatic rings. The summed E-state index contributed by atoms with van der Waals surface area (Å²) in [6, 6.07) is 7.96. The van der Waals surface area contributed by atoms with Crippen molar-refractivity contribution in [1.29, 1.82) is 0 Å². The summed E-state index contributed by atoms with van der Waals surface area (Å²) >= 11 is 18.5. The zero-order valence-corrected chi connectivity index (χ0v) is 34.8. The number of esters is 2. The van der Waals surface area contributed by atoms with Crippen molar-refractivity contribution in [1.82, 2.24) is 0 Å². The molecule has 262 valence electrons. The lowest BCUT2D eigenvalue weighted by molar-refractivity contribution is -0.144. The van der Waals surface area contributed by atoms with Crippen LogP contribution in [-0.2, 0) is 19.1 Å². The number of carbonyl (C=O) groups is 2. The van der Waals surface area contributed by atoms with Gasteiger partial charge in [-0.25, -0.2) is 9.59 Å². The molecule has 0 aliphatic heterocycles. The van der Waals surface area contributed by atoms with E-state index < -0.39 is 24.1 Å². The Balaban J connectivity index is 1.41. The van der Waals surface area contributed by atoms with Gasteiger partial charge in [-0.15, -0.1) is 0 Å². The third kappa shape index (κ3) is 12.7. The molecule has 2 fully saturated rings. The molecule has 2 aromatic carbocycles. The van der Waals surface area contributed by atoms with E-state index in [0.29, 0.717) is 33.5 Å². The number of carbonyl (C=O) groups excluding carboxylic acids is 2. The summed E-state index contributed by atoms with van der Waals surface area (Å²) in [6.45, 7) is 7.54. The molecule has 6 nitrogen and oxygen atoms in total. The Morgan fingerprint density at radius 2 is 0.979 bits per heavy atom. The second kappa shape index (κ2) is 20.8. The molecule has 4 rings (SSSR count). The average Bonchev–Trinajstić information content (AvgIpc) is 3.09. The molecule has 0 amide bonds. The first kappa shape index (κ1) is 39.9. The lowest BCUT2D eigenvalue weighted by Crippen LogP contribution is -2.28. The molecular weight excluding hydrogens is 912 g/mol. The zero-order chi connectivity index (χ0) is 34.5. The monoisotopic (exact) mass is 950 g/mol.